The zero-order valence-corrected chi connectivity index (χ0v) is 31.6. The Bertz CT molecular complexity index is 2190. The molecule has 0 fully saturated rings. The van der Waals surface area contributed by atoms with Gasteiger partial charge in [-0.25, -0.2) is 4.79 Å². The molecule has 0 aromatic heterocycles. The number of hydrogen-bond acceptors (Lipinski definition) is 7. The number of aryl methyl sites for hydroxylation is 1. The number of amides is 5. The zero-order chi connectivity index (χ0) is 42.5. The summed E-state index contributed by atoms with van der Waals surface area (Å²) in [4.78, 5) is 80.8. The summed E-state index contributed by atoms with van der Waals surface area (Å²) in [6, 6.07) is 21.5. The van der Waals surface area contributed by atoms with E-state index in [1.54, 1.807) is 48.5 Å². The molecule has 0 spiro atoms. The number of carbonyl (C=O) groups excluding carboxylic acids is 5. The standard InChI is InChI=1S/C43H41F3N6O7/c44-43(45,46)31-15-10-27(11-16-31)22-34-40(56)51-35(24-29-8-4-5-9-30(29)25-47)41(57)52-36(42(58)59)23-28-12-17-32(18-13-28)48-37(53)20-21-38(54)49-33(39(55)50-34)19-14-26-6-2-1-3-7-26/h1-13,15-18,33-36H,14,19-24H2,(H,48,53)(H,49,54)(H,50,55)(H,51,56)(H,52,57)(H,58,59)/t33-,34+,35?,36+/m1/s1. The highest BCUT2D eigenvalue weighted by Crippen LogP contribution is 2.29. The van der Waals surface area contributed by atoms with E-state index in [4.69, 9.17) is 0 Å². The Morgan fingerprint density at radius 1 is 0.678 bits per heavy atom. The van der Waals surface area contributed by atoms with Crippen LogP contribution in [0.25, 0.3) is 0 Å². The third kappa shape index (κ3) is 12.7. The zero-order valence-electron chi connectivity index (χ0n) is 31.6. The first kappa shape index (κ1) is 43.1. The van der Waals surface area contributed by atoms with Crippen LogP contribution in [-0.2, 0) is 60.6 Å². The lowest BCUT2D eigenvalue weighted by Crippen LogP contribution is -2.59. The Balaban J connectivity index is 1.53. The minimum atomic E-state index is -4.65. The van der Waals surface area contributed by atoms with Crippen molar-refractivity contribution in [1.29, 1.82) is 5.26 Å². The van der Waals surface area contributed by atoms with E-state index in [0.29, 0.717) is 23.2 Å². The first-order valence-corrected chi connectivity index (χ1v) is 18.7. The molecule has 6 N–H and O–H groups in total. The predicted molar refractivity (Wildman–Crippen MR) is 208 cm³/mol. The van der Waals surface area contributed by atoms with Crippen molar-refractivity contribution >= 4 is 41.2 Å². The van der Waals surface area contributed by atoms with Crippen LogP contribution in [0.2, 0.25) is 0 Å². The van der Waals surface area contributed by atoms with E-state index in [1.807, 2.05) is 18.2 Å². The average molecular weight is 811 g/mol. The van der Waals surface area contributed by atoms with Gasteiger partial charge >= 0.3 is 12.1 Å². The second kappa shape index (κ2) is 19.9. The maximum atomic E-state index is 14.3. The Kier molecular flexibility index (Phi) is 14.5. The molecular weight excluding hydrogens is 770 g/mol. The Hall–Kier alpha value is -7.02. The highest BCUT2D eigenvalue weighted by Gasteiger charge is 2.34. The number of rotatable bonds is 8. The quantitative estimate of drug-likeness (QED) is 0.143. The van der Waals surface area contributed by atoms with Crippen molar-refractivity contribution < 1.29 is 47.0 Å². The fourth-order valence-corrected chi connectivity index (χ4v) is 6.43. The van der Waals surface area contributed by atoms with Crippen molar-refractivity contribution in [3.63, 3.8) is 0 Å². The van der Waals surface area contributed by atoms with Gasteiger partial charge < -0.3 is 31.7 Å². The van der Waals surface area contributed by atoms with Crippen LogP contribution in [0.3, 0.4) is 0 Å². The topological polar surface area (TPSA) is 207 Å². The number of nitrogens with one attached hydrogen (secondary N) is 5. The van der Waals surface area contributed by atoms with Crippen LogP contribution < -0.4 is 26.6 Å². The number of carbonyl (C=O) groups is 6. The number of carboxylic acids is 1. The van der Waals surface area contributed by atoms with Crippen LogP contribution in [0.15, 0.2) is 103 Å². The van der Waals surface area contributed by atoms with Crippen LogP contribution in [0.1, 0.15) is 52.6 Å². The lowest BCUT2D eigenvalue weighted by atomic mass is 9.98. The smallest absolute Gasteiger partial charge is 0.416 e. The van der Waals surface area contributed by atoms with Crippen molar-refractivity contribution in [3.8, 4) is 6.07 Å². The largest absolute Gasteiger partial charge is 0.480 e. The highest BCUT2D eigenvalue weighted by atomic mass is 19.4. The Morgan fingerprint density at radius 2 is 1.27 bits per heavy atom. The Labute approximate surface area is 337 Å². The number of hydrogen-bond donors (Lipinski definition) is 6. The molecule has 4 aromatic carbocycles. The van der Waals surface area contributed by atoms with E-state index in [2.05, 4.69) is 26.6 Å². The molecule has 0 saturated carbocycles. The molecule has 2 heterocycles. The predicted octanol–water partition coefficient (Wildman–Crippen LogP) is 3.99. The fraction of sp³-hybridized carbons (Fsp3) is 0.279. The molecule has 59 heavy (non-hydrogen) atoms. The minimum absolute atomic E-state index is 0.0430. The number of nitrogens with zero attached hydrogens (tertiary/aromatic N) is 1. The van der Waals surface area contributed by atoms with Gasteiger partial charge in [0.15, 0.2) is 0 Å². The van der Waals surface area contributed by atoms with E-state index in [1.165, 1.54) is 18.2 Å². The molecule has 4 atom stereocenters. The van der Waals surface area contributed by atoms with Crippen LogP contribution >= 0.6 is 0 Å². The lowest BCUT2D eigenvalue weighted by molar-refractivity contribution is -0.142. The fourth-order valence-electron chi connectivity index (χ4n) is 6.43. The molecule has 2 aliphatic rings. The first-order valence-electron chi connectivity index (χ1n) is 18.7. The van der Waals surface area contributed by atoms with Crippen molar-refractivity contribution in [2.75, 3.05) is 5.32 Å². The number of alkyl halides is 3. The van der Waals surface area contributed by atoms with Gasteiger partial charge in [-0.05, 0) is 65.4 Å². The molecule has 0 saturated heterocycles. The van der Waals surface area contributed by atoms with E-state index in [9.17, 15) is 52.3 Å². The number of benzene rings is 4. The summed E-state index contributed by atoms with van der Waals surface area (Å²) in [5.41, 5.74) is 1.41. The van der Waals surface area contributed by atoms with Crippen LogP contribution in [0.4, 0.5) is 18.9 Å². The molecule has 0 aliphatic carbocycles. The summed E-state index contributed by atoms with van der Waals surface area (Å²) in [7, 11) is 0. The second-order valence-electron chi connectivity index (χ2n) is 14.0. The van der Waals surface area contributed by atoms with Gasteiger partial charge in [0.25, 0.3) is 0 Å². The van der Waals surface area contributed by atoms with Gasteiger partial charge in [-0.3, -0.25) is 24.0 Å². The molecule has 306 valence electrons. The number of halogens is 3. The third-order valence-corrected chi connectivity index (χ3v) is 9.64. The SMILES string of the molecule is N#Cc1ccccc1CC1NC(=O)[C@H](Cc2ccc(C(F)(F)F)cc2)NC(=O)[C@@H](CCc2ccccc2)NC(=O)CCC(=O)Nc2ccc(cc2)C[C@@H](C(=O)O)NC1=O. The lowest BCUT2D eigenvalue weighted by Gasteiger charge is -2.26. The summed E-state index contributed by atoms with van der Waals surface area (Å²) in [5.74, 6) is -5.31. The second-order valence-corrected chi connectivity index (χ2v) is 14.0. The molecule has 2 aliphatic heterocycles. The minimum Gasteiger partial charge on any atom is -0.480 e. The molecule has 1 unspecified atom stereocenters. The van der Waals surface area contributed by atoms with E-state index >= 15 is 0 Å². The van der Waals surface area contributed by atoms with E-state index in [-0.39, 0.29) is 49.7 Å². The van der Waals surface area contributed by atoms with Crippen molar-refractivity contribution in [1.82, 2.24) is 21.3 Å². The van der Waals surface area contributed by atoms with Gasteiger partial charge in [0.05, 0.1) is 17.2 Å². The maximum absolute atomic E-state index is 14.3. The summed E-state index contributed by atoms with van der Waals surface area (Å²) in [5, 5.41) is 32.8. The first-order chi connectivity index (χ1) is 28.2. The van der Waals surface area contributed by atoms with E-state index < -0.39 is 71.4 Å². The molecule has 2 bridgehead atoms. The highest BCUT2D eigenvalue weighted by molar-refractivity contribution is 5.96. The van der Waals surface area contributed by atoms with Gasteiger partial charge in [0.1, 0.15) is 24.2 Å². The van der Waals surface area contributed by atoms with Gasteiger partial charge in [-0.1, -0.05) is 72.8 Å². The number of anilines is 1. The van der Waals surface area contributed by atoms with Crippen molar-refractivity contribution in [2.45, 2.75) is 75.3 Å². The van der Waals surface area contributed by atoms with Gasteiger partial charge in [-0.15, -0.1) is 0 Å². The summed E-state index contributed by atoms with van der Waals surface area (Å²) < 4.78 is 40.2. The molecule has 13 nitrogen and oxygen atoms in total. The van der Waals surface area contributed by atoms with Crippen molar-refractivity contribution in [2.24, 2.45) is 0 Å². The van der Waals surface area contributed by atoms with Crippen LogP contribution in [0.5, 0.6) is 0 Å². The normalized spacial score (nSPS) is 19.8. The van der Waals surface area contributed by atoms with Gasteiger partial charge in [0, 0.05) is 37.8 Å². The molecule has 16 heteroatoms. The molecule has 5 amide bonds. The summed E-state index contributed by atoms with van der Waals surface area (Å²) >= 11 is 0. The number of nitriles is 1. The summed E-state index contributed by atoms with van der Waals surface area (Å²) in [6.45, 7) is 0. The number of carboxylic acid groups (broad SMARTS) is 1. The monoisotopic (exact) mass is 810 g/mol. The number of fused-ring (bicyclic) bond motifs is 18. The van der Waals surface area contributed by atoms with Gasteiger partial charge in [-0.2, -0.15) is 18.4 Å². The average Bonchev–Trinajstić information content (AvgIpc) is 3.21. The molecule has 6 rings (SSSR count). The number of aliphatic carboxylic acids is 1. The summed E-state index contributed by atoms with van der Waals surface area (Å²) in [6.07, 6.45) is -5.74. The molecular formula is C43H41F3N6O7. The van der Waals surface area contributed by atoms with Crippen LogP contribution in [0, 0.1) is 11.3 Å². The molecule has 0 radical (unpaired) electrons. The van der Waals surface area contributed by atoms with Gasteiger partial charge in [0.2, 0.25) is 29.5 Å². The molecule has 4 aromatic rings. The Morgan fingerprint density at radius 3 is 1.92 bits per heavy atom. The van der Waals surface area contributed by atoms with Crippen LogP contribution in [-0.4, -0.2) is 64.8 Å². The van der Waals surface area contributed by atoms with Crippen molar-refractivity contribution in [3.05, 3.63) is 137 Å². The third-order valence-electron chi connectivity index (χ3n) is 9.64. The maximum Gasteiger partial charge on any atom is 0.416 e. The van der Waals surface area contributed by atoms with E-state index in [0.717, 1.165) is 29.8 Å².